The first-order valence-electron chi connectivity index (χ1n) is 6.76. The summed E-state index contributed by atoms with van der Waals surface area (Å²) >= 11 is 0. The topological polar surface area (TPSA) is 92.7 Å². The predicted molar refractivity (Wildman–Crippen MR) is 82.7 cm³/mol. The van der Waals surface area contributed by atoms with Crippen molar-refractivity contribution in [1.82, 2.24) is 25.1 Å². The molecule has 3 aromatic heterocycles. The number of pyridine rings is 1. The summed E-state index contributed by atoms with van der Waals surface area (Å²) in [6.07, 6.45) is 3.29. The lowest BCUT2D eigenvalue weighted by Gasteiger charge is -2.05. The number of nitrogens with zero attached hydrogens (tertiary/aromatic N) is 3. The first kappa shape index (κ1) is 14.0. The minimum Gasteiger partial charge on any atom is -0.355 e. The molecule has 0 bridgehead atoms. The van der Waals surface area contributed by atoms with Crippen LogP contribution < -0.4 is 10.9 Å². The largest absolute Gasteiger partial charge is 0.355 e. The Morgan fingerprint density at radius 3 is 2.82 bits per heavy atom. The van der Waals surface area contributed by atoms with Gasteiger partial charge >= 0.3 is 0 Å². The number of rotatable bonds is 2. The zero-order chi connectivity index (χ0) is 15.9. The summed E-state index contributed by atoms with van der Waals surface area (Å²) in [4.78, 5) is 30.9. The van der Waals surface area contributed by atoms with Crippen molar-refractivity contribution in [3.63, 3.8) is 0 Å². The highest BCUT2D eigenvalue weighted by Crippen LogP contribution is 2.23. The van der Waals surface area contributed by atoms with E-state index < -0.39 is 0 Å². The molecule has 3 rings (SSSR count). The van der Waals surface area contributed by atoms with Gasteiger partial charge in [0.1, 0.15) is 5.65 Å². The molecule has 0 aliphatic heterocycles. The molecule has 0 atom stereocenters. The van der Waals surface area contributed by atoms with E-state index in [1.165, 1.54) is 4.68 Å². The lowest BCUT2D eigenvalue weighted by Crippen LogP contribution is -2.22. The predicted octanol–water partition coefficient (Wildman–Crippen LogP) is 0.992. The molecule has 0 aliphatic rings. The molecule has 2 N–H and O–H groups in total. The van der Waals surface area contributed by atoms with Crippen LogP contribution in [0.15, 0.2) is 29.3 Å². The lowest BCUT2D eigenvalue weighted by molar-refractivity contribution is 0.0965. The van der Waals surface area contributed by atoms with Crippen LogP contribution in [0.25, 0.3) is 22.3 Å². The third-order valence-electron chi connectivity index (χ3n) is 3.54. The number of amides is 1. The second-order valence-electron chi connectivity index (χ2n) is 5.04. The van der Waals surface area contributed by atoms with Gasteiger partial charge in [-0.1, -0.05) is 0 Å². The Morgan fingerprint density at radius 2 is 2.14 bits per heavy atom. The van der Waals surface area contributed by atoms with Crippen LogP contribution in [0, 0.1) is 6.92 Å². The molecule has 0 radical (unpaired) electrons. The van der Waals surface area contributed by atoms with Crippen LogP contribution >= 0.6 is 0 Å². The number of hydrogen-bond acceptors (Lipinski definition) is 4. The minimum atomic E-state index is -0.185. The van der Waals surface area contributed by atoms with Gasteiger partial charge in [-0.25, -0.2) is 9.67 Å². The van der Waals surface area contributed by atoms with Gasteiger partial charge in [-0.05, 0) is 19.1 Å². The number of aromatic nitrogens is 4. The number of nitrogens with one attached hydrogen (secondary N) is 2. The Bertz CT molecular complexity index is 912. The molecular formula is C15H15N5O2. The second-order valence-corrected chi connectivity index (χ2v) is 5.04. The maximum absolute atomic E-state index is 11.9. The summed E-state index contributed by atoms with van der Waals surface area (Å²) in [5.41, 5.74) is 3.00. The van der Waals surface area contributed by atoms with Gasteiger partial charge in [0.15, 0.2) is 0 Å². The van der Waals surface area contributed by atoms with Gasteiger partial charge in [-0.15, -0.1) is 0 Å². The fraction of sp³-hybridized carbons (Fsp3) is 0.200. The number of H-pyrrole nitrogens is 1. The molecule has 1 amide bonds. The number of aryl methyl sites for hydroxylation is 2. The Morgan fingerprint density at radius 1 is 1.36 bits per heavy atom. The summed E-state index contributed by atoms with van der Waals surface area (Å²) in [5, 5.41) is 7.55. The quantitative estimate of drug-likeness (QED) is 0.738. The van der Waals surface area contributed by atoms with Gasteiger partial charge in [0.05, 0.1) is 11.3 Å². The van der Waals surface area contributed by atoms with Crippen molar-refractivity contribution in [2.45, 2.75) is 6.92 Å². The Labute approximate surface area is 126 Å². The first-order valence-corrected chi connectivity index (χ1v) is 6.76. The monoisotopic (exact) mass is 297 g/mol. The van der Waals surface area contributed by atoms with E-state index in [9.17, 15) is 9.59 Å². The standard InChI is InChI=1S/C15H15N5O2/c1-8-4-12(19-20(3)15(8)22)9-5-10-11(14(21)16-2)7-18-13(10)17-6-9/h4-7H,1-3H3,(H,16,21)(H,17,18). The SMILES string of the molecule is CNC(=O)c1c[nH]c2ncc(-c3cc(C)c(=O)n(C)n3)cc12. The Kier molecular flexibility index (Phi) is 3.25. The first-order chi connectivity index (χ1) is 10.5. The van der Waals surface area contributed by atoms with Crippen LogP contribution in [0.4, 0.5) is 0 Å². The highest BCUT2D eigenvalue weighted by atomic mass is 16.1. The maximum atomic E-state index is 11.9. The Hall–Kier alpha value is -2.96. The number of fused-ring (bicyclic) bond motifs is 1. The molecule has 22 heavy (non-hydrogen) atoms. The van der Waals surface area contributed by atoms with E-state index >= 15 is 0 Å². The van der Waals surface area contributed by atoms with E-state index in [-0.39, 0.29) is 11.5 Å². The van der Waals surface area contributed by atoms with Crippen molar-refractivity contribution in [2.75, 3.05) is 7.05 Å². The summed E-state index contributed by atoms with van der Waals surface area (Å²) < 4.78 is 1.30. The third-order valence-corrected chi connectivity index (χ3v) is 3.54. The summed E-state index contributed by atoms with van der Waals surface area (Å²) in [6, 6.07) is 3.56. The van der Waals surface area contributed by atoms with Crippen LogP contribution in [0.5, 0.6) is 0 Å². The van der Waals surface area contributed by atoms with Gasteiger partial charge in [0.25, 0.3) is 11.5 Å². The lowest BCUT2D eigenvalue weighted by atomic mass is 10.1. The molecule has 112 valence electrons. The molecule has 0 saturated heterocycles. The van der Waals surface area contributed by atoms with Crippen molar-refractivity contribution in [3.8, 4) is 11.3 Å². The summed E-state index contributed by atoms with van der Waals surface area (Å²) in [7, 11) is 3.19. The van der Waals surface area contributed by atoms with Gasteiger partial charge in [-0.2, -0.15) is 5.10 Å². The van der Waals surface area contributed by atoms with E-state index in [0.29, 0.717) is 27.9 Å². The van der Waals surface area contributed by atoms with Crippen LogP contribution in [-0.4, -0.2) is 32.7 Å². The number of hydrogen-bond donors (Lipinski definition) is 2. The minimum absolute atomic E-state index is 0.134. The zero-order valence-electron chi connectivity index (χ0n) is 12.5. The molecule has 0 saturated carbocycles. The fourth-order valence-electron chi connectivity index (χ4n) is 2.36. The average molecular weight is 297 g/mol. The van der Waals surface area contributed by atoms with Crippen molar-refractivity contribution >= 4 is 16.9 Å². The Balaban J connectivity index is 2.20. The highest BCUT2D eigenvalue weighted by Gasteiger charge is 2.13. The molecule has 0 aliphatic carbocycles. The fourth-order valence-corrected chi connectivity index (χ4v) is 2.36. The molecule has 0 spiro atoms. The van der Waals surface area contributed by atoms with Crippen LogP contribution in [0.1, 0.15) is 15.9 Å². The molecule has 0 fully saturated rings. The molecule has 7 heteroatoms. The average Bonchev–Trinajstić information content (AvgIpc) is 2.94. The van der Waals surface area contributed by atoms with Crippen molar-refractivity contribution in [2.24, 2.45) is 7.05 Å². The smallest absolute Gasteiger partial charge is 0.269 e. The van der Waals surface area contributed by atoms with E-state index in [0.717, 1.165) is 5.56 Å². The van der Waals surface area contributed by atoms with Crippen LogP contribution in [-0.2, 0) is 7.05 Å². The van der Waals surface area contributed by atoms with Gasteiger partial charge in [-0.3, -0.25) is 9.59 Å². The molecule has 7 nitrogen and oxygen atoms in total. The summed E-state index contributed by atoms with van der Waals surface area (Å²) in [6.45, 7) is 1.74. The number of aromatic amines is 1. The van der Waals surface area contributed by atoms with Gasteiger partial charge in [0, 0.05) is 43.0 Å². The molecule has 0 unspecified atom stereocenters. The highest BCUT2D eigenvalue weighted by molar-refractivity contribution is 6.06. The van der Waals surface area contributed by atoms with Gasteiger partial charge in [0.2, 0.25) is 0 Å². The van der Waals surface area contributed by atoms with Crippen molar-refractivity contribution < 1.29 is 4.79 Å². The van der Waals surface area contributed by atoms with Gasteiger partial charge < -0.3 is 10.3 Å². The second kappa shape index (κ2) is 5.10. The normalized spacial score (nSPS) is 10.9. The molecule has 0 aromatic carbocycles. The number of carbonyl (C=O) groups excluding carboxylic acids is 1. The third kappa shape index (κ3) is 2.16. The molecular weight excluding hydrogens is 282 g/mol. The van der Waals surface area contributed by atoms with Crippen molar-refractivity contribution in [1.29, 1.82) is 0 Å². The summed E-state index contributed by atoms with van der Waals surface area (Å²) in [5.74, 6) is -0.185. The van der Waals surface area contributed by atoms with E-state index in [1.54, 1.807) is 39.5 Å². The van der Waals surface area contributed by atoms with E-state index in [2.05, 4.69) is 20.4 Å². The van der Waals surface area contributed by atoms with Crippen LogP contribution in [0.2, 0.25) is 0 Å². The van der Waals surface area contributed by atoms with Crippen molar-refractivity contribution in [3.05, 3.63) is 46.0 Å². The maximum Gasteiger partial charge on any atom is 0.269 e. The van der Waals surface area contributed by atoms with E-state index in [1.807, 2.05) is 6.07 Å². The number of carbonyl (C=O) groups is 1. The molecule has 3 aromatic rings. The van der Waals surface area contributed by atoms with Crippen LogP contribution in [0.3, 0.4) is 0 Å². The van der Waals surface area contributed by atoms with E-state index in [4.69, 9.17) is 0 Å². The zero-order valence-corrected chi connectivity index (χ0v) is 12.5. The molecule has 3 heterocycles.